The van der Waals surface area contributed by atoms with E-state index in [1.54, 1.807) is 0 Å². The summed E-state index contributed by atoms with van der Waals surface area (Å²) in [5, 5.41) is 15.3. The lowest BCUT2D eigenvalue weighted by Crippen LogP contribution is -2.31. The fourth-order valence-corrected chi connectivity index (χ4v) is 3.76. The van der Waals surface area contributed by atoms with Crippen LogP contribution in [0, 0.1) is 0 Å². The summed E-state index contributed by atoms with van der Waals surface area (Å²) in [4.78, 5) is 0. The molecule has 1 aliphatic carbocycles. The van der Waals surface area contributed by atoms with E-state index in [9.17, 15) is 5.11 Å². The van der Waals surface area contributed by atoms with Gasteiger partial charge in [0.1, 0.15) is 0 Å². The third-order valence-electron chi connectivity index (χ3n) is 4.34. The molecule has 2 aromatic carbocycles. The molecule has 0 radical (unpaired) electrons. The second-order valence-corrected chi connectivity index (χ2v) is 6.66. The van der Waals surface area contributed by atoms with Gasteiger partial charge in [-0.15, -0.1) is 0 Å². The highest BCUT2D eigenvalue weighted by molar-refractivity contribution is 6.31. The maximum Gasteiger partial charge on any atom is 0.0773 e. The number of nitrogens with one attached hydrogen (secondary N) is 1. The number of benzene rings is 2. The molecule has 1 unspecified atom stereocenters. The van der Waals surface area contributed by atoms with Crippen LogP contribution in [-0.2, 0) is 12.8 Å². The number of aryl methyl sites for hydroxylation is 2. The zero-order valence-electron chi connectivity index (χ0n) is 12.4. The molecule has 0 saturated heterocycles. The molecule has 0 saturated carbocycles. The quantitative estimate of drug-likeness (QED) is 0.893. The van der Waals surface area contributed by atoms with Crippen molar-refractivity contribution in [1.29, 1.82) is 0 Å². The summed E-state index contributed by atoms with van der Waals surface area (Å²) in [5.74, 6) is -0.0607. The Hall–Kier alpha value is -1.06. The van der Waals surface area contributed by atoms with Crippen molar-refractivity contribution in [2.75, 3.05) is 13.6 Å². The average Bonchev–Trinajstić information content (AvgIpc) is 2.64. The van der Waals surface area contributed by atoms with Crippen LogP contribution in [0.2, 0.25) is 10.0 Å². The first-order chi connectivity index (χ1) is 10.6. The van der Waals surface area contributed by atoms with Crippen molar-refractivity contribution in [3.63, 3.8) is 0 Å². The zero-order valence-corrected chi connectivity index (χ0v) is 14.0. The lowest BCUT2D eigenvalue weighted by atomic mass is 9.84. The second-order valence-electron chi connectivity index (χ2n) is 5.79. The van der Waals surface area contributed by atoms with Gasteiger partial charge in [-0.2, -0.15) is 0 Å². The largest absolute Gasteiger partial charge is 0.391 e. The van der Waals surface area contributed by atoms with Gasteiger partial charge in [0.25, 0.3) is 0 Å². The summed E-state index contributed by atoms with van der Waals surface area (Å²) in [7, 11) is 1.85. The zero-order chi connectivity index (χ0) is 15.7. The van der Waals surface area contributed by atoms with Crippen LogP contribution >= 0.6 is 23.2 Å². The minimum Gasteiger partial charge on any atom is -0.391 e. The number of halogens is 2. The predicted octanol–water partition coefficient (Wildman–Crippen LogP) is 3.80. The second kappa shape index (κ2) is 6.59. The molecule has 1 aliphatic rings. The van der Waals surface area contributed by atoms with Crippen molar-refractivity contribution in [2.24, 2.45) is 0 Å². The summed E-state index contributed by atoms with van der Waals surface area (Å²) in [6.45, 7) is 0.537. The highest BCUT2D eigenvalue weighted by Gasteiger charge is 2.29. The molecule has 0 bridgehead atoms. The third-order valence-corrected chi connectivity index (χ3v) is 4.81. The predicted molar refractivity (Wildman–Crippen MR) is 92.1 cm³/mol. The van der Waals surface area contributed by atoms with E-state index in [0.29, 0.717) is 6.54 Å². The topological polar surface area (TPSA) is 32.3 Å². The van der Waals surface area contributed by atoms with Gasteiger partial charge in [-0.25, -0.2) is 0 Å². The molecular weight excluding hydrogens is 317 g/mol. The van der Waals surface area contributed by atoms with Gasteiger partial charge < -0.3 is 10.4 Å². The van der Waals surface area contributed by atoms with Crippen LogP contribution in [0.1, 0.15) is 28.2 Å². The smallest absolute Gasteiger partial charge is 0.0773 e. The SMILES string of the molecule is CNCC(O)C1c2ccc(Cl)cc2CCc2cc(Cl)ccc21. The molecule has 0 spiro atoms. The summed E-state index contributed by atoms with van der Waals surface area (Å²) in [6, 6.07) is 11.9. The maximum absolute atomic E-state index is 10.7. The molecular formula is C18H19Cl2NO. The van der Waals surface area contributed by atoms with Crippen LogP contribution in [0.5, 0.6) is 0 Å². The van der Waals surface area contributed by atoms with Crippen LogP contribution < -0.4 is 5.32 Å². The highest BCUT2D eigenvalue weighted by Crippen LogP contribution is 2.38. The van der Waals surface area contributed by atoms with E-state index in [1.165, 1.54) is 11.1 Å². The molecule has 2 nitrogen and oxygen atoms in total. The highest BCUT2D eigenvalue weighted by atomic mass is 35.5. The molecule has 3 rings (SSSR count). The van der Waals surface area contributed by atoms with Crippen LogP contribution in [-0.4, -0.2) is 24.8 Å². The summed E-state index contributed by atoms with van der Waals surface area (Å²) < 4.78 is 0. The fourth-order valence-electron chi connectivity index (χ4n) is 3.37. The normalized spacial score (nSPS) is 15.8. The van der Waals surface area contributed by atoms with E-state index in [1.807, 2.05) is 43.4 Å². The number of hydrogen-bond donors (Lipinski definition) is 2. The van der Waals surface area contributed by atoms with Gasteiger partial charge >= 0.3 is 0 Å². The van der Waals surface area contributed by atoms with Crippen molar-refractivity contribution < 1.29 is 5.11 Å². The number of fused-ring (bicyclic) bond motifs is 2. The molecule has 1 atom stereocenters. The molecule has 2 N–H and O–H groups in total. The molecule has 2 aromatic rings. The Morgan fingerprint density at radius 3 is 2.00 bits per heavy atom. The molecule has 0 fully saturated rings. The third kappa shape index (κ3) is 3.02. The minimum atomic E-state index is -0.497. The van der Waals surface area contributed by atoms with Gasteiger partial charge in [-0.1, -0.05) is 35.3 Å². The first-order valence-electron chi connectivity index (χ1n) is 7.49. The van der Waals surface area contributed by atoms with Crippen LogP contribution in [0.25, 0.3) is 0 Å². The van der Waals surface area contributed by atoms with Gasteiger partial charge in [-0.05, 0) is 66.4 Å². The Morgan fingerprint density at radius 2 is 1.55 bits per heavy atom. The van der Waals surface area contributed by atoms with Crippen molar-refractivity contribution in [3.8, 4) is 0 Å². The van der Waals surface area contributed by atoms with Gasteiger partial charge in [0.2, 0.25) is 0 Å². The lowest BCUT2D eigenvalue weighted by Gasteiger charge is -2.26. The molecule has 116 valence electrons. The Balaban J connectivity index is 2.16. The Bertz CT molecular complexity index is 633. The van der Waals surface area contributed by atoms with Gasteiger partial charge in [0.05, 0.1) is 6.10 Å². The number of hydrogen-bond acceptors (Lipinski definition) is 2. The van der Waals surface area contributed by atoms with Crippen LogP contribution in [0.4, 0.5) is 0 Å². The summed E-state index contributed by atoms with van der Waals surface area (Å²) in [5.41, 5.74) is 4.74. The molecule has 4 heteroatoms. The lowest BCUT2D eigenvalue weighted by molar-refractivity contribution is 0.156. The van der Waals surface area contributed by atoms with E-state index < -0.39 is 6.10 Å². The Morgan fingerprint density at radius 1 is 1.05 bits per heavy atom. The average molecular weight is 336 g/mol. The van der Waals surface area contributed by atoms with E-state index >= 15 is 0 Å². The molecule has 0 aliphatic heterocycles. The van der Waals surface area contributed by atoms with E-state index in [-0.39, 0.29) is 5.92 Å². The van der Waals surface area contributed by atoms with Gasteiger partial charge in [0, 0.05) is 22.5 Å². The number of aliphatic hydroxyl groups is 1. The standard InChI is InChI=1S/C18H19Cl2NO/c1-21-10-17(22)18-15-6-4-13(19)8-11(15)2-3-12-9-14(20)5-7-16(12)18/h4-9,17-18,21-22H,2-3,10H2,1H3. The molecule has 0 heterocycles. The Kier molecular flexibility index (Phi) is 4.74. The van der Waals surface area contributed by atoms with Crippen molar-refractivity contribution in [1.82, 2.24) is 5.32 Å². The fraction of sp³-hybridized carbons (Fsp3) is 0.333. The van der Waals surface area contributed by atoms with Gasteiger partial charge in [-0.3, -0.25) is 0 Å². The molecule has 0 amide bonds. The maximum atomic E-state index is 10.7. The summed E-state index contributed by atoms with van der Waals surface area (Å²) in [6.07, 6.45) is 1.32. The number of rotatable bonds is 3. The number of likely N-dealkylation sites (N-methyl/N-ethyl adjacent to an activating group) is 1. The van der Waals surface area contributed by atoms with E-state index in [0.717, 1.165) is 34.0 Å². The minimum absolute atomic E-state index is 0.0607. The summed E-state index contributed by atoms with van der Waals surface area (Å²) >= 11 is 12.3. The van der Waals surface area contributed by atoms with Crippen molar-refractivity contribution in [3.05, 3.63) is 68.7 Å². The van der Waals surface area contributed by atoms with E-state index in [2.05, 4.69) is 5.32 Å². The first kappa shape index (κ1) is 15.8. The monoisotopic (exact) mass is 335 g/mol. The van der Waals surface area contributed by atoms with Crippen molar-refractivity contribution in [2.45, 2.75) is 24.9 Å². The van der Waals surface area contributed by atoms with E-state index in [4.69, 9.17) is 23.2 Å². The van der Waals surface area contributed by atoms with Gasteiger partial charge in [0.15, 0.2) is 0 Å². The van der Waals surface area contributed by atoms with Crippen molar-refractivity contribution >= 4 is 23.2 Å². The molecule has 0 aromatic heterocycles. The van der Waals surface area contributed by atoms with Crippen LogP contribution in [0.3, 0.4) is 0 Å². The first-order valence-corrected chi connectivity index (χ1v) is 8.25. The molecule has 22 heavy (non-hydrogen) atoms. The van der Waals surface area contributed by atoms with Crippen LogP contribution in [0.15, 0.2) is 36.4 Å². The number of aliphatic hydroxyl groups excluding tert-OH is 1. The Labute approximate surface area is 141 Å².